The van der Waals surface area contributed by atoms with Crippen LogP contribution in [0.1, 0.15) is 13.3 Å². The highest BCUT2D eigenvalue weighted by Gasteiger charge is 1.87. The summed E-state index contributed by atoms with van der Waals surface area (Å²) in [4.78, 5) is 0. The quantitative estimate of drug-likeness (QED) is 0.451. The summed E-state index contributed by atoms with van der Waals surface area (Å²) in [7, 11) is 0. The van der Waals surface area contributed by atoms with Gasteiger partial charge >= 0.3 is 0 Å². The van der Waals surface area contributed by atoms with Crippen LogP contribution >= 0.6 is 0 Å². The topological polar surface area (TPSA) is 19.9 Å². The van der Waals surface area contributed by atoms with E-state index in [0.29, 0.717) is 6.42 Å². The van der Waals surface area contributed by atoms with Gasteiger partial charge in [-0.25, -0.2) is 5.11 Å². The molecule has 6 heavy (non-hydrogen) atoms. The highest BCUT2D eigenvalue weighted by molar-refractivity contribution is 4.68. The Morgan fingerprint density at radius 2 is 2.50 bits per heavy atom. The second-order valence-corrected chi connectivity index (χ2v) is 1.33. The smallest absolute Gasteiger partial charge is 0.0936 e. The Balaban J connectivity index is 2.81. The first kappa shape index (κ1) is 5.70. The molecule has 0 saturated carbocycles. The first-order valence-electron chi connectivity index (χ1n) is 2.04. The maximum absolute atomic E-state index is 10.1. The van der Waals surface area contributed by atoms with Gasteiger partial charge in [0.15, 0.2) is 0 Å². The van der Waals surface area contributed by atoms with Gasteiger partial charge in [-0.2, -0.15) is 0 Å². The summed E-state index contributed by atoms with van der Waals surface area (Å²) in [5, 5.41) is 10.1. The van der Waals surface area contributed by atoms with Crippen molar-refractivity contribution in [2.24, 2.45) is 0 Å². The van der Waals surface area contributed by atoms with Gasteiger partial charge in [0.2, 0.25) is 0 Å². The van der Waals surface area contributed by atoms with E-state index in [9.17, 15) is 5.11 Å². The van der Waals surface area contributed by atoms with E-state index < -0.39 is 6.10 Å². The van der Waals surface area contributed by atoms with Crippen molar-refractivity contribution in [3.63, 3.8) is 0 Å². The molecule has 0 aliphatic rings. The van der Waals surface area contributed by atoms with E-state index in [1.54, 1.807) is 13.0 Å². The predicted molar refractivity (Wildman–Crippen MR) is 25.0 cm³/mol. The molecule has 0 heterocycles. The molecule has 0 rings (SSSR count). The van der Waals surface area contributed by atoms with Crippen LogP contribution in [-0.4, -0.2) is 6.10 Å². The van der Waals surface area contributed by atoms with Crippen molar-refractivity contribution < 1.29 is 5.11 Å². The van der Waals surface area contributed by atoms with Gasteiger partial charge in [0.1, 0.15) is 0 Å². The molecule has 35 valence electrons. The van der Waals surface area contributed by atoms with E-state index in [0.717, 1.165) is 0 Å². The summed E-state index contributed by atoms with van der Waals surface area (Å²) in [5.74, 6) is 0. The number of rotatable bonds is 2. The van der Waals surface area contributed by atoms with Crippen molar-refractivity contribution in [2.45, 2.75) is 19.4 Å². The minimum atomic E-state index is -0.470. The van der Waals surface area contributed by atoms with Crippen molar-refractivity contribution in [3.8, 4) is 0 Å². The molecule has 0 aromatic heterocycles. The first-order chi connectivity index (χ1) is 2.77. The van der Waals surface area contributed by atoms with Crippen LogP contribution in [0.25, 0.3) is 0 Å². The zero-order valence-corrected chi connectivity index (χ0v) is 3.98. The van der Waals surface area contributed by atoms with E-state index in [-0.39, 0.29) is 0 Å². The van der Waals surface area contributed by atoms with Crippen LogP contribution in [0.5, 0.6) is 0 Å². The Hall–Kier alpha value is -0.300. The van der Waals surface area contributed by atoms with Crippen LogP contribution in [0.3, 0.4) is 0 Å². The van der Waals surface area contributed by atoms with Gasteiger partial charge in [-0.1, -0.05) is 6.08 Å². The van der Waals surface area contributed by atoms with E-state index >= 15 is 0 Å². The fourth-order valence-corrected chi connectivity index (χ4v) is 0.235. The molecule has 1 nitrogen and oxygen atoms in total. The Bertz CT molecular complexity index is 39.2. The van der Waals surface area contributed by atoms with Gasteiger partial charge in [0.05, 0.1) is 6.10 Å². The molecule has 0 amide bonds. The lowest BCUT2D eigenvalue weighted by Gasteiger charge is -1.88. The average molecular weight is 85.1 g/mol. The summed E-state index contributed by atoms with van der Waals surface area (Å²) >= 11 is 0. The monoisotopic (exact) mass is 85.1 g/mol. The van der Waals surface area contributed by atoms with Gasteiger partial charge in [-0.15, -0.1) is 6.58 Å². The van der Waals surface area contributed by atoms with Crippen molar-refractivity contribution >= 4 is 0 Å². The Labute approximate surface area is 38.3 Å². The lowest BCUT2D eigenvalue weighted by molar-refractivity contribution is 0.108. The van der Waals surface area contributed by atoms with E-state index in [4.69, 9.17) is 0 Å². The fourth-order valence-electron chi connectivity index (χ4n) is 0.235. The highest BCUT2D eigenvalue weighted by atomic mass is 16.3. The summed E-state index contributed by atoms with van der Waals surface area (Å²) in [6.45, 7) is 5.03. The molecule has 0 aromatic carbocycles. The van der Waals surface area contributed by atoms with Crippen molar-refractivity contribution in [1.82, 2.24) is 0 Å². The van der Waals surface area contributed by atoms with Crippen molar-refractivity contribution in [2.75, 3.05) is 0 Å². The molecule has 0 aliphatic carbocycles. The van der Waals surface area contributed by atoms with Gasteiger partial charge in [0.25, 0.3) is 0 Å². The predicted octanol–water partition coefficient (Wildman–Crippen LogP) is 1.38. The SMILES string of the molecule is C=CCC(C)[O]. The molecule has 0 saturated heterocycles. The summed E-state index contributed by atoms with van der Waals surface area (Å²) in [5.41, 5.74) is 0. The number of hydrogen-bond donors (Lipinski definition) is 0. The van der Waals surface area contributed by atoms with Gasteiger partial charge in [-0.3, -0.25) is 0 Å². The van der Waals surface area contributed by atoms with Crippen LogP contribution in [0, 0.1) is 0 Å². The van der Waals surface area contributed by atoms with Crippen LogP contribution in [0.15, 0.2) is 12.7 Å². The van der Waals surface area contributed by atoms with Gasteiger partial charge in [-0.05, 0) is 13.3 Å². The maximum Gasteiger partial charge on any atom is 0.0936 e. The first-order valence-corrected chi connectivity index (χ1v) is 2.04. The largest absolute Gasteiger partial charge is 0.233 e. The lowest BCUT2D eigenvalue weighted by Crippen LogP contribution is -1.91. The number of hydrogen-bond acceptors (Lipinski definition) is 0. The summed E-state index contributed by atoms with van der Waals surface area (Å²) < 4.78 is 0. The van der Waals surface area contributed by atoms with Crippen LogP contribution in [0.2, 0.25) is 0 Å². The Morgan fingerprint density at radius 1 is 2.00 bits per heavy atom. The lowest BCUT2D eigenvalue weighted by atomic mass is 10.3. The normalized spacial score (nSPS) is 13.7. The molecule has 0 aliphatic heterocycles. The third-order valence-electron chi connectivity index (χ3n) is 0.499. The molecule has 1 unspecified atom stereocenters. The maximum atomic E-state index is 10.1. The molecule has 1 atom stereocenters. The van der Waals surface area contributed by atoms with Crippen LogP contribution in [0.4, 0.5) is 0 Å². The standard InChI is InChI=1S/C5H9O/c1-3-4-5(2)6/h3,5H,1,4H2,2H3. The zero-order valence-electron chi connectivity index (χ0n) is 3.98. The van der Waals surface area contributed by atoms with Crippen molar-refractivity contribution in [1.29, 1.82) is 0 Å². The van der Waals surface area contributed by atoms with E-state index in [2.05, 4.69) is 6.58 Å². The molecular weight excluding hydrogens is 76.1 g/mol. The van der Waals surface area contributed by atoms with Crippen molar-refractivity contribution in [3.05, 3.63) is 12.7 Å². The molecule has 0 aromatic rings. The second kappa shape index (κ2) is 2.91. The van der Waals surface area contributed by atoms with Gasteiger partial charge in [0, 0.05) is 0 Å². The third-order valence-corrected chi connectivity index (χ3v) is 0.499. The summed E-state index contributed by atoms with van der Waals surface area (Å²) in [6, 6.07) is 0. The summed E-state index contributed by atoms with van der Waals surface area (Å²) in [6.07, 6.45) is 1.75. The Morgan fingerprint density at radius 3 is 2.50 bits per heavy atom. The highest BCUT2D eigenvalue weighted by Crippen LogP contribution is 1.87. The third kappa shape index (κ3) is 3.70. The molecular formula is C5H9O. The second-order valence-electron chi connectivity index (χ2n) is 1.33. The van der Waals surface area contributed by atoms with E-state index in [1.165, 1.54) is 0 Å². The molecule has 0 bridgehead atoms. The zero-order chi connectivity index (χ0) is 4.99. The molecule has 0 N–H and O–H groups in total. The molecule has 1 heteroatoms. The molecule has 1 radical (unpaired) electrons. The van der Waals surface area contributed by atoms with Crippen LogP contribution < -0.4 is 0 Å². The average Bonchev–Trinajstić information content (AvgIpc) is 1.35. The van der Waals surface area contributed by atoms with Gasteiger partial charge < -0.3 is 0 Å². The van der Waals surface area contributed by atoms with E-state index in [1.807, 2.05) is 0 Å². The Kier molecular flexibility index (Phi) is 2.77. The fraction of sp³-hybridized carbons (Fsp3) is 0.600. The molecule has 0 fully saturated rings. The molecule has 0 spiro atoms. The van der Waals surface area contributed by atoms with Crippen LogP contribution in [-0.2, 0) is 5.11 Å². The minimum absolute atomic E-state index is 0.470. The minimum Gasteiger partial charge on any atom is -0.233 e.